The van der Waals surface area contributed by atoms with E-state index in [1.165, 1.54) is 0 Å². The van der Waals surface area contributed by atoms with Crippen molar-refractivity contribution >= 4 is 79.7 Å². The Labute approximate surface area is 81.3 Å². The summed E-state index contributed by atoms with van der Waals surface area (Å²) in [6.45, 7) is 0. The van der Waals surface area contributed by atoms with Crippen molar-refractivity contribution in [3.05, 3.63) is 0 Å². The van der Waals surface area contributed by atoms with Gasteiger partial charge in [0.25, 0.3) is 0 Å². The normalized spacial score (nSPS) is 1.75. The standard InChI is InChI=1S/Be.FH.K.Li.3H/h;1H;;;;;/q;;;+1;;;/p-1. The topological polar surface area (TPSA) is 0 Å². The number of hydrogen-bond acceptors (Lipinski definition) is 0. The molecule has 0 saturated heterocycles. The quantitative estimate of drug-likeness (QED) is 0.308. The predicted molar refractivity (Wildman–Crippen MR) is 22.6 cm³/mol. The van der Waals surface area contributed by atoms with Crippen LogP contribution in [0.2, 0.25) is 0 Å². The Morgan fingerprint density at radius 3 is 1.25 bits per heavy atom. The zero-order valence-electron chi connectivity index (χ0n) is 1.38. The summed E-state index contributed by atoms with van der Waals surface area (Å²) in [6.07, 6.45) is 0. The summed E-state index contributed by atoms with van der Waals surface area (Å²) in [5.41, 5.74) is 0. The van der Waals surface area contributed by atoms with Gasteiger partial charge in [-0.15, -0.1) is 0 Å². The first-order chi connectivity index (χ1) is 1.00. The zero-order chi connectivity index (χ0) is 2.00. The van der Waals surface area contributed by atoms with Gasteiger partial charge in [-0.05, 0) is 0 Å². The molecule has 0 spiro atoms. The molecular weight excluding hydrogens is 74.0 g/mol. The summed E-state index contributed by atoms with van der Waals surface area (Å²) < 4.78 is 9.50. The molecule has 0 bridgehead atoms. The van der Waals surface area contributed by atoms with E-state index in [1.807, 2.05) is 0 Å². The molecule has 0 amide bonds. The molecular formula is H3BeFKLi. The van der Waals surface area contributed by atoms with Crippen LogP contribution >= 0.6 is 0 Å². The Morgan fingerprint density at radius 2 is 1.25 bits per heavy atom. The average Bonchev–Trinajstić information content (AvgIpc) is 1.00. The van der Waals surface area contributed by atoms with Gasteiger partial charge in [-0.3, -0.25) is 0 Å². The van der Waals surface area contributed by atoms with E-state index in [4.69, 9.17) is 0 Å². The molecule has 0 nitrogen and oxygen atoms in total. The van der Waals surface area contributed by atoms with Crippen LogP contribution in [0, 0.1) is 0 Å². The van der Waals surface area contributed by atoms with Crippen LogP contribution < -0.4 is 0 Å². The summed E-state index contributed by atoms with van der Waals surface area (Å²) in [6, 6.07) is 0. The predicted octanol–water partition coefficient (Wildman–Crippen LogP) is -1.53. The Morgan fingerprint density at radius 1 is 1.25 bits per heavy atom. The second-order valence-corrected chi connectivity index (χ2v) is 0. The van der Waals surface area contributed by atoms with Crippen LogP contribution in [0.25, 0.3) is 0 Å². The fourth-order valence-corrected chi connectivity index (χ4v) is 0. The first-order valence-electron chi connectivity index (χ1n) is 0.378. The minimum atomic E-state index is 0. The van der Waals surface area contributed by atoms with E-state index in [2.05, 4.69) is 0 Å². The molecule has 0 aliphatic carbocycles. The third-order valence-corrected chi connectivity index (χ3v) is 0. The third kappa shape index (κ3) is 8.84. The molecule has 4 heteroatoms. The number of hydrogen-bond donors (Lipinski definition) is 0. The van der Waals surface area contributed by atoms with Gasteiger partial charge < -0.3 is 0 Å². The molecule has 0 saturated carbocycles. The molecule has 0 unspecified atom stereocenters. The van der Waals surface area contributed by atoms with Gasteiger partial charge >= 0.3 is 83.1 Å². The first kappa shape index (κ1) is 16.2. The summed E-state index contributed by atoms with van der Waals surface area (Å²) in [7, 11) is 0. The molecule has 0 aromatic heterocycles. The van der Waals surface area contributed by atoms with Gasteiger partial charge in [-0.25, -0.2) is 0 Å². The van der Waals surface area contributed by atoms with Crippen LogP contribution in [0.4, 0.5) is 3.38 Å². The van der Waals surface area contributed by atoms with E-state index >= 15 is 0 Å². The number of halogens is 1. The molecule has 0 aliphatic rings. The Bertz CT molecular complexity index is 8.00. The molecule has 0 fully saturated rings. The summed E-state index contributed by atoms with van der Waals surface area (Å²) in [5, 5.41) is 0. The average molecular weight is 77.1 g/mol. The van der Waals surface area contributed by atoms with Gasteiger partial charge in [-0.1, -0.05) is 0 Å². The van der Waals surface area contributed by atoms with Crippen LogP contribution in [0.3, 0.4) is 0 Å². The van der Waals surface area contributed by atoms with Crippen molar-refractivity contribution in [1.29, 1.82) is 0 Å². The van der Waals surface area contributed by atoms with Gasteiger partial charge in [0.15, 0.2) is 0 Å². The molecule has 0 heterocycles. The second kappa shape index (κ2) is 18.4. The Hall–Kier alpha value is 2.33. The van der Waals surface area contributed by atoms with Crippen LogP contribution in [-0.4, -0.2) is 79.7 Å². The van der Waals surface area contributed by atoms with Crippen molar-refractivity contribution in [1.82, 2.24) is 0 Å². The summed E-state index contributed by atoms with van der Waals surface area (Å²) >= 11 is 0.500. The molecule has 0 radical (unpaired) electrons. The van der Waals surface area contributed by atoms with Crippen molar-refractivity contribution in [2.75, 3.05) is 0 Å². The van der Waals surface area contributed by atoms with Crippen LogP contribution in [0.15, 0.2) is 0 Å². The zero-order valence-corrected chi connectivity index (χ0v) is 1.38. The molecule has 0 rings (SSSR count). The third-order valence-electron chi connectivity index (χ3n) is 0. The van der Waals surface area contributed by atoms with Crippen molar-refractivity contribution in [3.8, 4) is 0 Å². The molecule has 0 aromatic carbocycles. The summed E-state index contributed by atoms with van der Waals surface area (Å²) in [5.74, 6) is 0. The first-order valence-corrected chi connectivity index (χ1v) is 0.378. The maximum atomic E-state index is 9.50. The van der Waals surface area contributed by atoms with Gasteiger partial charge in [-0.2, -0.15) is 0 Å². The van der Waals surface area contributed by atoms with Gasteiger partial charge in [0.05, 0.1) is 0 Å². The molecule has 4 heavy (non-hydrogen) atoms. The second-order valence-electron chi connectivity index (χ2n) is 0. The minimum absolute atomic E-state index is 0. The molecule has 0 aliphatic heterocycles. The van der Waals surface area contributed by atoms with Gasteiger partial charge in [0.1, 0.15) is 0 Å². The molecule has 0 N–H and O–H groups in total. The fraction of sp³-hybridized carbons (Fsp3) is 0. The van der Waals surface area contributed by atoms with Crippen molar-refractivity contribution in [2.24, 2.45) is 0 Å². The molecule has 0 aromatic rings. The SMILES string of the molecule is [BeH2].[KH].[Li][F]. The maximum absolute atomic E-state index is 9.50. The van der Waals surface area contributed by atoms with Crippen LogP contribution in [0.1, 0.15) is 0 Å². The van der Waals surface area contributed by atoms with Crippen molar-refractivity contribution < 1.29 is 3.38 Å². The van der Waals surface area contributed by atoms with E-state index in [0.29, 0.717) is 18.2 Å². The Balaban J connectivity index is -0.00000000500. The van der Waals surface area contributed by atoms with E-state index < -0.39 is 0 Å². The number of rotatable bonds is 0. The fourth-order valence-electron chi connectivity index (χ4n) is 0. The molecule has 0 atom stereocenters. The molecule has 14 valence electrons. The van der Waals surface area contributed by atoms with E-state index in [9.17, 15) is 3.38 Å². The van der Waals surface area contributed by atoms with E-state index in [0.717, 1.165) is 0 Å². The van der Waals surface area contributed by atoms with Gasteiger partial charge in [0.2, 0.25) is 0 Å². The van der Waals surface area contributed by atoms with Crippen molar-refractivity contribution in [3.63, 3.8) is 0 Å². The van der Waals surface area contributed by atoms with Crippen LogP contribution in [0.5, 0.6) is 0 Å². The van der Waals surface area contributed by atoms with Gasteiger partial charge in [0, 0.05) is 0 Å². The summed E-state index contributed by atoms with van der Waals surface area (Å²) in [4.78, 5) is 0. The van der Waals surface area contributed by atoms with Crippen LogP contribution in [-0.2, 0) is 0 Å². The van der Waals surface area contributed by atoms with Crippen molar-refractivity contribution in [2.45, 2.75) is 0 Å². The monoisotopic (exact) mass is 77.0 g/mol. The Kier molecular flexibility index (Phi) is 74.6. The van der Waals surface area contributed by atoms with E-state index in [1.54, 1.807) is 0 Å². The van der Waals surface area contributed by atoms with E-state index in [-0.39, 0.29) is 61.5 Å².